The molecule has 0 spiro atoms. The first-order valence-corrected chi connectivity index (χ1v) is 8.16. The van der Waals surface area contributed by atoms with Gasteiger partial charge in [0.25, 0.3) is 0 Å². The van der Waals surface area contributed by atoms with E-state index in [0.717, 1.165) is 5.56 Å². The van der Waals surface area contributed by atoms with Gasteiger partial charge in [-0.2, -0.15) is 0 Å². The number of carbonyl (C=O) groups is 2. The second-order valence-electron chi connectivity index (χ2n) is 5.37. The zero-order valence-corrected chi connectivity index (χ0v) is 14.3. The molecule has 1 aromatic rings. The predicted octanol–water partition coefficient (Wildman–Crippen LogP) is 2.78. The zero-order valence-electron chi connectivity index (χ0n) is 14.3. The SMILES string of the molecule is CCOC(=O)CCN(Cc1ccccc1)[C@@H](C)CC(=O)OCC. The first kappa shape index (κ1) is 19.2. The van der Waals surface area contributed by atoms with E-state index in [2.05, 4.69) is 4.90 Å². The Bertz CT molecular complexity index is 475. The molecule has 1 rings (SSSR count). The average Bonchev–Trinajstić information content (AvgIpc) is 2.52. The van der Waals surface area contributed by atoms with Crippen LogP contribution in [0.25, 0.3) is 0 Å². The largest absolute Gasteiger partial charge is 0.466 e. The van der Waals surface area contributed by atoms with E-state index in [1.807, 2.05) is 37.3 Å². The highest BCUT2D eigenvalue weighted by Crippen LogP contribution is 2.12. The third kappa shape index (κ3) is 7.79. The number of carbonyl (C=O) groups excluding carboxylic acids is 2. The lowest BCUT2D eigenvalue weighted by atomic mass is 10.1. The van der Waals surface area contributed by atoms with Gasteiger partial charge in [0.1, 0.15) is 0 Å². The van der Waals surface area contributed by atoms with Gasteiger partial charge in [-0.25, -0.2) is 0 Å². The number of hydrogen-bond donors (Lipinski definition) is 0. The number of hydrogen-bond acceptors (Lipinski definition) is 5. The van der Waals surface area contributed by atoms with Gasteiger partial charge in [0, 0.05) is 19.1 Å². The van der Waals surface area contributed by atoms with Gasteiger partial charge in [-0.3, -0.25) is 14.5 Å². The third-order valence-electron chi connectivity index (χ3n) is 3.53. The Hall–Kier alpha value is -1.88. The molecule has 1 aromatic carbocycles. The minimum atomic E-state index is -0.214. The summed E-state index contributed by atoms with van der Waals surface area (Å²) in [7, 11) is 0. The summed E-state index contributed by atoms with van der Waals surface area (Å²) in [6.45, 7) is 7.57. The lowest BCUT2D eigenvalue weighted by Gasteiger charge is -2.28. The Morgan fingerprint density at radius 1 is 1.04 bits per heavy atom. The van der Waals surface area contributed by atoms with Crippen LogP contribution in [0.4, 0.5) is 0 Å². The molecule has 0 radical (unpaired) electrons. The van der Waals surface area contributed by atoms with Crippen molar-refractivity contribution in [3.63, 3.8) is 0 Å². The highest BCUT2D eigenvalue weighted by atomic mass is 16.5. The fourth-order valence-electron chi connectivity index (χ4n) is 2.33. The van der Waals surface area contributed by atoms with Crippen LogP contribution in [0.2, 0.25) is 0 Å². The quantitative estimate of drug-likeness (QED) is 0.620. The van der Waals surface area contributed by atoms with E-state index in [1.54, 1.807) is 13.8 Å². The number of esters is 2. The minimum Gasteiger partial charge on any atom is -0.466 e. The fourth-order valence-corrected chi connectivity index (χ4v) is 2.33. The smallest absolute Gasteiger partial charge is 0.307 e. The van der Waals surface area contributed by atoms with Crippen molar-refractivity contribution in [3.05, 3.63) is 35.9 Å². The molecule has 0 saturated heterocycles. The van der Waals surface area contributed by atoms with E-state index in [1.165, 1.54) is 0 Å². The molecule has 1 atom stereocenters. The van der Waals surface area contributed by atoms with Gasteiger partial charge in [0.15, 0.2) is 0 Å². The topological polar surface area (TPSA) is 55.8 Å². The molecule has 0 aliphatic carbocycles. The van der Waals surface area contributed by atoms with Crippen molar-refractivity contribution >= 4 is 11.9 Å². The van der Waals surface area contributed by atoms with Crippen LogP contribution in [0.3, 0.4) is 0 Å². The second-order valence-corrected chi connectivity index (χ2v) is 5.37. The summed E-state index contributed by atoms with van der Waals surface area (Å²) in [5, 5.41) is 0. The van der Waals surface area contributed by atoms with Crippen LogP contribution in [0.15, 0.2) is 30.3 Å². The monoisotopic (exact) mass is 321 g/mol. The van der Waals surface area contributed by atoms with E-state index in [-0.39, 0.29) is 18.0 Å². The summed E-state index contributed by atoms with van der Waals surface area (Å²) in [6.07, 6.45) is 0.622. The van der Waals surface area contributed by atoms with E-state index in [0.29, 0.717) is 39.1 Å². The molecule has 0 saturated carbocycles. The molecular weight excluding hydrogens is 294 g/mol. The van der Waals surface area contributed by atoms with Crippen molar-refractivity contribution in [1.82, 2.24) is 4.90 Å². The number of benzene rings is 1. The van der Waals surface area contributed by atoms with Crippen LogP contribution < -0.4 is 0 Å². The van der Waals surface area contributed by atoms with Gasteiger partial charge < -0.3 is 9.47 Å². The van der Waals surface area contributed by atoms with Crippen LogP contribution >= 0.6 is 0 Å². The van der Waals surface area contributed by atoms with Crippen LogP contribution in [0.1, 0.15) is 39.2 Å². The van der Waals surface area contributed by atoms with E-state index in [4.69, 9.17) is 9.47 Å². The lowest BCUT2D eigenvalue weighted by Crippen LogP contribution is -2.36. The van der Waals surface area contributed by atoms with Gasteiger partial charge in [0.05, 0.1) is 26.1 Å². The van der Waals surface area contributed by atoms with Gasteiger partial charge in [-0.15, -0.1) is 0 Å². The molecule has 0 unspecified atom stereocenters. The Kier molecular flexibility index (Phi) is 8.98. The average molecular weight is 321 g/mol. The van der Waals surface area contributed by atoms with Gasteiger partial charge in [-0.1, -0.05) is 30.3 Å². The highest BCUT2D eigenvalue weighted by Gasteiger charge is 2.19. The van der Waals surface area contributed by atoms with E-state index >= 15 is 0 Å². The van der Waals surface area contributed by atoms with Crippen molar-refractivity contribution in [2.24, 2.45) is 0 Å². The molecule has 0 fully saturated rings. The summed E-state index contributed by atoms with van der Waals surface area (Å²) in [4.78, 5) is 25.4. The Morgan fingerprint density at radius 2 is 1.65 bits per heavy atom. The first-order chi connectivity index (χ1) is 11.1. The maximum Gasteiger partial charge on any atom is 0.307 e. The second kappa shape index (κ2) is 10.8. The van der Waals surface area contributed by atoms with Gasteiger partial charge in [-0.05, 0) is 26.3 Å². The van der Waals surface area contributed by atoms with Crippen LogP contribution in [-0.4, -0.2) is 42.6 Å². The minimum absolute atomic E-state index is 0.0105. The van der Waals surface area contributed by atoms with Crippen molar-refractivity contribution in [2.45, 2.75) is 46.2 Å². The molecule has 0 aromatic heterocycles. The lowest BCUT2D eigenvalue weighted by molar-refractivity contribution is -0.144. The summed E-state index contributed by atoms with van der Waals surface area (Å²) >= 11 is 0. The molecule has 5 heteroatoms. The van der Waals surface area contributed by atoms with Crippen molar-refractivity contribution < 1.29 is 19.1 Å². The van der Waals surface area contributed by atoms with Crippen molar-refractivity contribution in [2.75, 3.05) is 19.8 Å². The molecule has 23 heavy (non-hydrogen) atoms. The molecular formula is C18H27NO4. The standard InChI is InChI=1S/C18H27NO4/c1-4-22-17(20)11-12-19(14-16-9-7-6-8-10-16)15(3)13-18(21)23-5-2/h6-10,15H,4-5,11-14H2,1-3H3/t15-/m0/s1. The number of ether oxygens (including phenoxy) is 2. The highest BCUT2D eigenvalue weighted by molar-refractivity contribution is 5.70. The molecule has 0 aliphatic heterocycles. The van der Waals surface area contributed by atoms with E-state index < -0.39 is 0 Å². The van der Waals surface area contributed by atoms with Gasteiger partial charge >= 0.3 is 11.9 Å². The summed E-state index contributed by atoms with van der Waals surface area (Å²) < 4.78 is 10.0. The summed E-state index contributed by atoms with van der Waals surface area (Å²) in [5.74, 6) is -0.428. The molecule has 0 amide bonds. The zero-order chi connectivity index (χ0) is 17.1. The number of rotatable bonds is 10. The molecule has 0 aliphatic rings. The molecule has 128 valence electrons. The van der Waals surface area contributed by atoms with Crippen molar-refractivity contribution in [1.29, 1.82) is 0 Å². The van der Waals surface area contributed by atoms with E-state index in [9.17, 15) is 9.59 Å². The Balaban J connectivity index is 2.66. The van der Waals surface area contributed by atoms with Gasteiger partial charge in [0.2, 0.25) is 0 Å². The maximum absolute atomic E-state index is 11.7. The third-order valence-corrected chi connectivity index (χ3v) is 3.53. The first-order valence-electron chi connectivity index (χ1n) is 8.16. The van der Waals surface area contributed by atoms with Crippen LogP contribution in [-0.2, 0) is 25.6 Å². The predicted molar refractivity (Wildman–Crippen MR) is 88.8 cm³/mol. The fraction of sp³-hybridized carbons (Fsp3) is 0.556. The maximum atomic E-state index is 11.7. The van der Waals surface area contributed by atoms with Crippen LogP contribution in [0.5, 0.6) is 0 Å². The molecule has 5 nitrogen and oxygen atoms in total. The summed E-state index contributed by atoms with van der Waals surface area (Å²) in [5.41, 5.74) is 1.15. The Labute approximate surface area is 138 Å². The van der Waals surface area contributed by atoms with Crippen LogP contribution in [0, 0.1) is 0 Å². The van der Waals surface area contributed by atoms with Crippen molar-refractivity contribution in [3.8, 4) is 0 Å². The number of nitrogens with zero attached hydrogens (tertiary/aromatic N) is 1. The molecule has 0 bridgehead atoms. The summed E-state index contributed by atoms with van der Waals surface area (Å²) in [6, 6.07) is 9.99. The normalized spacial score (nSPS) is 12.0. The Morgan fingerprint density at radius 3 is 2.26 bits per heavy atom. The molecule has 0 heterocycles. The molecule has 0 N–H and O–H groups in total.